The fraction of sp³-hybridized carbons (Fsp3) is 0.750. The second-order valence-electron chi connectivity index (χ2n) is 3.86. The first-order valence-electron chi connectivity index (χ1n) is 4.19. The molecule has 1 aromatic rings. The van der Waals surface area contributed by atoms with Crippen LogP contribution >= 0.6 is 0 Å². The SMILES string of the molecule is Cn1cc(COCC(C)(C)N)nn1. The lowest BCUT2D eigenvalue weighted by Gasteiger charge is -2.17. The van der Waals surface area contributed by atoms with Gasteiger partial charge in [-0.25, -0.2) is 0 Å². The molecule has 13 heavy (non-hydrogen) atoms. The van der Waals surface area contributed by atoms with Crippen molar-refractivity contribution < 1.29 is 4.74 Å². The molecule has 0 aromatic carbocycles. The molecule has 0 unspecified atom stereocenters. The zero-order chi connectivity index (χ0) is 9.90. The van der Waals surface area contributed by atoms with Gasteiger partial charge < -0.3 is 10.5 Å². The van der Waals surface area contributed by atoms with E-state index in [1.165, 1.54) is 0 Å². The second kappa shape index (κ2) is 3.85. The third-order valence-electron chi connectivity index (χ3n) is 1.37. The highest BCUT2D eigenvalue weighted by Gasteiger charge is 2.10. The molecule has 0 aliphatic carbocycles. The molecule has 1 rings (SSSR count). The molecule has 0 atom stereocenters. The third-order valence-corrected chi connectivity index (χ3v) is 1.37. The van der Waals surface area contributed by atoms with Crippen LogP contribution in [0, 0.1) is 0 Å². The van der Waals surface area contributed by atoms with E-state index in [0.29, 0.717) is 13.2 Å². The monoisotopic (exact) mass is 184 g/mol. The van der Waals surface area contributed by atoms with Gasteiger partial charge in [-0.3, -0.25) is 4.68 Å². The summed E-state index contributed by atoms with van der Waals surface area (Å²) < 4.78 is 7.00. The van der Waals surface area contributed by atoms with Crippen molar-refractivity contribution in [2.45, 2.75) is 26.0 Å². The number of aryl methyl sites for hydroxylation is 1. The van der Waals surface area contributed by atoms with Crippen LogP contribution in [0.1, 0.15) is 19.5 Å². The highest BCUT2D eigenvalue weighted by molar-refractivity contribution is 4.89. The van der Waals surface area contributed by atoms with Gasteiger partial charge in [-0.15, -0.1) is 5.10 Å². The molecule has 5 nitrogen and oxygen atoms in total. The maximum Gasteiger partial charge on any atom is 0.108 e. The lowest BCUT2D eigenvalue weighted by molar-refractivity contribution is 0.0829. The molecule has 74 valence electrons. The predicted octanol–water partition coefficient (Wildman–Crippen LogP) is 0.0690. The Morgan fingerprint density at radius 1 is 1.62 bits per heavy atom. The van der Waals surface area contributed by atoms with Crippen LogP contribution in [-0.4, -0.2) is 27.1 Å². The van der Waals surface area contributed by atoms with Crippen LogP contribution in [0.3, 0.4) is 0 Å². The van der Waals surface area contributed by atoms with Crippen LogP contribution in [-0.2, 0) is 18.4 Å². The normalized spacial score (nSPS) is 12.0. The Labute approximate surface area is 77.9 Å². The number of nitrogens with zero attached hydrogens (tertiary/aromatic N) is 3. The van der Waals surface area contributed by atoms with Gasteiger partial charge in [-0.05, 0) is 13.8 Å². The van der Waals surface area contributed by atoms with E-state index in [0.717, 1.165) is 5.69 Å². The van der Waals surface area contributed by atoms with Crippen molar-refractivity contribution >= 4 is 0 Å². The summed E-state index contributed by atoms with van der Waals surface area (Å²) in [6, 6.07) is 0. The zero-order valence-electron chi connectivity index (χ0n) is 8.32. The summed E-state index contributed by atoms with van der Waals surface area (Å²) in [4.78, 5) is 0. The van der Waals surface area contributed by atoms with Gasteiger partial charge in [0.2, 0.25) is 0 Å². The second-order valence-corrected chi connectivity index (χ2v) is 3.86. The Morgan fingerprint density at radius 3 is 2.77 bits per heavy atom. The van der Waals surface area contributed by atoms with E-state index >= 15 is 0 Å². The Hall–Kier alpha value is -0.940. The molecule has 2 N–H and O–H groups in total. The minimum atomic E-state index is -0.289. The van der Waals surface area contributed by atoms with Crippen molar-refractivity contribution in [3.05, 3.63) is 11.9 Å². The highest BCUT2D eigenvalue weighted by atomic mass is 16.5. The first-order valence-corrected chi connectivity index (χ1v) is 4.19. The maximum atomic E-state index is 5.74. The first-order chi connectivity index (χ1) is 5.97. The van der Waals surface area contributed by atoms with Crippen molar-refractivity contribution in [1.29, 1.82) is 0 Å². The average Bonchev–Trinajstić information content (AvgIpc) is 2.33. The van der Waals surface area contributed by atoms with E-state index in [2.05, 4.69) is 10.3 Å². The van der Waals surface area contributed by atoms with E-state index in [1.54, 1.807) is 4.68 Å². The molecule has 0 bridgehead atoms. The van der Waals surface area contributed by atoms with Gasteiger partial charge in [0.05, 0.1) is 19.4 Å². The first kappa shape index (κ1) is 10.1. The van der Waals surface area contributed by atoms with Gasteiger partial charge in [0.25, 0.3) is 0 Å². The van der Waals surface area contributed by atoms with Crippen LogP contribution in [0.15, 0.2) is 6.20 Å². The summed E-state index contributed by atoms with van der Waals surface area (Å²) in [5, 5.41) is 7.67. The van der Waals surface area contributed by atoms with Crippen molar-refractivity contribution in [2.24, 2.45) is 12.8 Å². The summed E-state index contributed by atoms with van der Waals surface area (Å²) >= 11 is 0. The maximum absolute atomic E-state index is 5.74. The molecule has 5 heteroatoms. The standard InChI is InChI=1S/C8H16N4O/c1-8(2,9)6-13-5-7-4-12(3)11-10-7/h4H,5-6,9H2,1-3H3. The zero-order valence-corrected chi connectivity index (χ0v) is 8.32. The van der Waals surface area contributed by atoms with E-state index < -0.39 is 0 Å². The lowest BCUT2D eigenvalue weighted by atomic mass is 10.1. The van der Waals surface area contributed by atoms with Crippen molar-refractivity contribution in [2.75, 3.05) is 6.61 Å². The number of hydrogen-bond acceptors (Lipinski definition) is 4. The Balaban J connectivity index is 2.28. The summed E-state index contributed by atoms with van der Waals surface area (Å²) in [7, 11) is 1.82. The molecule has 1 aromatic heterocycles. The van der Waals surface area contributed by atoms with E-state index in [9.17, 15) is 0 Å². The summed E-state index contributed by atoms with van der Waals surface area (Å²) in [6.07, 6.45) is 1.82. The molecule has 0 saturated heterocycles. The van der Waals surface area contributed by atoms with Crippen LogP contribution in [0.25, 0.3) is 0 Å². The van der Waals surface area contributed by atoms with E-state index in [-0.39, 0.29) is 5.54 Å². The Kier molecular flexibility index (Phi) is 3.00. The summed E-state index contributed by atoms with van der Waals surface area (Å²) in [5.74, 6) is 0. The number of rotatable bonds is 4. The van der Waals surface area contributed by atoms with Crippen molar-refractivity contribution in [3.63, 3.8) is 0 Å². The van der Waals surface area contributed by atoms with E-state index in [4.69, 9.17) is 10.5 Å². The average molecular weight is 184 g/mol. The smallest absolute Gasteiger partial charge is 0.108 e. The van der Waals surface area contributed by atoms with Gasteiger partial charge in [-0.1, -0.05) is 5.21 Å². The minimum absolute atomic E-state index is 0.289. The number of aromatic nitrogens is 3. The van der Waals surface area contributed by atoms with Crippen LogP contribution in [0.5, 0.6) is 0 Å². The quantitative estimate of drug-likeness (QED) is 0.719. The molecule has 0 fully saturated rings. The molecular formula is C8H16N4O. The van der Waals surface area contributed by atoms with Gasteiger partial charge in [0, 0.05) is 12.6 Å². The lowest BCUT2D eigenvalue weighted by Crippen LogP contribution is -2.37. The van der Waals surface area contributed by atoms with E-state index in [1.807, 2.05) is 27.1 Å². The third kappa shape index (κ3) is 4.00. The van der Waals surface area contributed by atoms with Crippen LogP contribution in [0.2, 0.25) is 0 Å². The Morgan fingerprint density at radius 2 is 2.31 bits per heavy atom. The Bertz CT molecular complexity index is 263. The fourth-order valence-electron chi connectivity index (χ4n) is 0.880. The number of hydrogen-bond donors (Lipinski definition) is 1. The molecule has 0 spiro atoms. The number of ether oxygens (including phenoxy) is 1. The van der Waals surface area contributed by atoms with Gasteiger partial charge in [-0.2, -0.15) is 0 Å². The fourth-order valence-corrected chi connectivity index (χ4v) is 0.880. The summed E-state index contributed by atoms with van der Waals surface area (Å²) in [5.41, 5.74) is 6.27. The van der Waals surface area contributed by atoms with Crippen LogP contribution in [0.4, 0.5) is 0 Å². The largest absolute Gasteiger partial charge is 0.373 e. The molecule has 0 aliphatic rings. The van der Waals surface area contributed by atoms with Gasteiger partial charge in [0.15, 0.2) is 0 Å². The predicted molar refractivity (Wildman–Crippen MR) is 48.9 cm³/mol. The minimum Gasteiger partial charge on any atom is -0.373 e. The topological polar surface area (TPSA) is 66.0 Å². The molecule has 1 heterocycles. The highest BCUT2D eigenvalue weighted by Crippen LogP contribution is 2.00. The van der Waals surface area contributed by atoms with Crippen LogP contribution < -0.4 is 5.73 Å². The van der Waals surface area contributed by atoms with Gasteiger partial charge >= 0.3 is 0 Å². The van der Waals surface area contributed by atoms with Crippen molar-refractivity contribution in [3.8, 4) is 0 Å². The molecule has 0 radical (unpaired) electrons. The molecule has 0 saturated carbocycles. The van der Waals surface area contributed by atoms with Crippen molar-refractivity contribution in [1.82, 2.24) is 15.0 Å². The molecular weight excluding hydrogens is 168 g/mol. The molecule has 0 amide bonds. The van der Waals surface area contributed by atoms with Gasteiger partial charge in [0.1, 0.15) is 5.69 Å². The summed E-state index contributed by atoms with van der Waals surface area (Å²) in [6.45, 7) is 4.82. The molecule has 0 aliphatic heterocycles. The number of nitrogens with two attached hydrogens (primary N) is 1.